The number of amides is 1. The molecule has 1 aromatic rings. The van der Waals surface area contributed by atoms with Gasteiger partial charge in [0, 0.05) is 6.54 Å². The van der Waals surface area contributed by atoms with Crippen molar-refractivity contribution in [2.45, 2.75) is 26.4 Å². The van der Waals surface area contributed by atoms with Crippen molar-refractivity contribution >= 4 is 17.3 Å². The molecule has 0 saturated carbocycles. The van der Waals surface area contributed by atoms with Gasteiger partial charge in [-0.1, -0.05) is 19.1 Å². The lowest BCUT2D eigenvalue weighted by atomic mass is 9.96. The number of aliphatic hydroxyl groups excluding tert-OH is 1. The van der Waals surface area contributed by atoms with Gasteiger partial charge >= 0.3 is 0 Å². The van der Waals surface area contributed by atoms with E-state index in [2.05, 4.69) is 5.32 Å². The van der Waals surface area contributed by atoms with Crippen molar-refractivity contribution in [2.24, 2.45) is 5.92 Å². The van der Waals surface area contributed by atoms with Gasteiger partial charge in [0.2, 0.25) is 5.91 Å². The number of nitrogen functional groups attached to an aromatic ring is 1. The van der Waals surface area contributed by atoms with Gasteiger partial charge in [-0.15, -0.1) is 0 Å². The maximum Gasteiger partial charge on any atom is 0.238 e. The fourth-order valence-corrected chi connectivity index (χ4v) is 2.50. The van der Waals surface area contributed by atoms with Crippen LogP contribution in [0.5, 0.6) is 0 Å². The number of anilines is 2. The Bertz CT molecular complexity index is 470. The minimum atomic E-state index is -0.347. The lowest BCUT2D eigenvalue weighted by Gasteiger charge is -2.33. The van der Waals surface area contributed by atoms with Crippen LogP contribution in [0.15, 0.2) is 18.2 Å². The summed E-state index contributed by atoms with van der Waals surface area (Å²) in [6, 6.07) is 5.55. The molecular weight excluding hydrogens is 254 g/mol. The van der Waals surface area contributed by atoms with Crippen LogP contribution in [0.1, 0.15) is 18.9 Å². The number of carbonyl (C=O) groups is 1. The van der Waals surface area contributed by atoms with Crippen molar-refractivity contribution in [3.05, 3.63) is 23.8 Å². The van der Waals surface area contributed by atoms with Crippen LogP contribution in [0.2, 0.25) is 0 Å². The molecule has 1 aromatic carbocycles. The molecular formula is C15H23N3O2. The number of nitrogens with two attached hydrogens (primary N) is 1. The first-order chi connectivity index (χ1) is 9.47. The molecule has 0 aliphatic carbocycles. The van der Waals surface area contributed by atoms with Crippen molar-refractivity contribution in [1.82, 2.24) is 4.90 Å². The van der Waals surface area contributed by atoms with Crippen LogP contribution >= 0.6 is 0 Å². The Labute approximate surface area is 119 Å². The first-order valence-corrected chi connectivity index (χ1v) is 7.02. The van der Waals surface area contributed by atoms with Crippen molar-refractivity contribution in [3.63, 3.8) is 0 Å². The number of piperidine rings is 1. The minimum absolute atomic E-state index is 0.0900. The number of aryl methyl sites for hydroxylation is 1. The Kier molecular flexibility index (Phi) is 4.62. The predicted octanol–water partition coefficient (Wildman–Crippen LogP) is 1.22. The second kappa shape index (κ2) is 6.24. The number of hydrogen-bond donors (Lipinski definition) is 3. The number of carbonyl (C=O) groups excluding carboxylic acids is 1. The topological polar surface area (TPSA) is 78.6 Å². The first-order valence-electron chi connectivity index (χ1n) is 7.02. The van der Waals surface area contributed by atoms with Crippen molar-refractivity contribution < 1.29 is 9.90 Å². The molecule has 2 rings (SSSR count). The number of aliphatic hydroxyl groups is 1. The highest BCUT2D eigenvalue weighted by Gasteiger charge is 2.25. The van der Waals surface area contributed by atoms with Gasteiger partial charge in [-0.25, -0.2) is 0 Å². The Morgan fingerprint density at radius 2 is 2.30 bits per heavy atom. The number of benzene rings is 1. The van der Waals surface area contributed by atoms with Crippen molar-refractivity contribution in [2.75, 3.05) is 30.7 Å². The second-order valence-corrected chi connectivity index (χ2v) is 5.66. The third-order valence-corrected chi connectivity index (χ3v) is 3.94. The van der Waals surface area contributed by atoms with E-state index in [0.717, 1.165) is 18.5 Å². The quantitative estimate of drug-likeness (QED) is 0.726. The Morgan fingerprint density at radius 3 is 2.95 bits per heavy atom. The van der Waals surface area contributed by atoms with Gasteiger partial charge in [-0.05, 0) is 37.4 Å². The Hall–Kier alpha value is -1.59. The molecule has 110 valence electrons. The third-order valence-electron chi connectivity index (χ3n) is 3.94. The first kappa shape index (κ1) is 14.8. The number of hydrogen-bond acceptors (Lipinski definition) is 4. The van der Waals surface area contributed by atoms with Crippen LogP contribution in [-0.2, 0) is 4.79 Å². The van der Waals surface area contributed by atoms with Gasteiger partial charge in [0.05, 0.1) is 24.0 Å². The molecule has 5 heteroatoms. The summed E-state index contributed by atoms with van der Waals surface area (Å²) < 4.78 is 0. The van der Waals surface area contributed by atoms with Gasteiger partial charge in [-0.2, -0.15) is 0 Å². The molecule has 1 heterocycles. The summed E-state index contributed by atoms with van der Waals surface area (Å²) in [5.74, 6) is 0.217. The normalized spacial score (nSPS) is 23.6. The van der Waals surface area contributed by atoms with Crippen LogP contribution in [0.3, 0.4) is 0 Å². The summed E-state index contributed by atoms with van der Waals surface area (Å²) in [7, 11) is 0. The lowest BCUT2D eigenvalue weighted by Crippen LogP contribution is -2.45. The minimum Gasteiger partial charge on any atom is -0.397 e. The second-order valence-electron chi connectivity index (χ2n) is 5.66. The van der Waals surface area contributed by atoms with E-state index in [4.69, 9.17) is 5.73 Å². The number of nitrogens with zero attached hydrogens (tertiary/aromatic N) is 1. The highest BCUT2D eigenvalue weighted by molar-refractivity contribution is 5.96. The van der Waals surface area contributed by atoms with Crippen molar-refractivity contribution in [1.29, 1.82) is 0 Å². The molecule has 1 amide bonds. The third kappa shape index (κ3) is 3.49. The molecule has 2 unspecified atom stereocenters. The molecule has 1 aliphatic heterocycles. The van der Waals surface area contributed by atoms with Gasteiger partial charge in [-0.3, -0.25) is 9.69 Å². The largest absolute Gasteiger partial charge is 0.397 e. The lowest BCUT2D eigenvalue weighted by molar-refractivity contribution is -0.118. The summed E-state index contributed by atoms with van der Waals surface area (Å²) in [6.45, 7) is 5.64. The van der Waals surface area contributed by atoms with E-state index in [1.165, 1.54) is 0 Å². The summed E-state index contributed by atoms with van der Waals surface area (Å²) in [6.07, 6.45) is 0.570. The maximum absolute atomic E-state index is 12.1. The van der Waals surface area contributed by atoms with E-state index in [9.17, 15) is 9.90 Å². The summed E-state index contributed by atoms with van der Waals surface area (Å²) >= 11 is 0. The fourth-order valence-electron chi connectivity index (χ4n) is 2.50. The van der Waals surface area contributed by atoms with Crippen LogP contribution in [0.4, 0.5) is 11.4 Å². The molecule has 2 atom stereocenters. The van der Waals surface area contributed by atoms with Crippen molar-refractivity contribution in [3.8, 4) is 0 Å². The zero-order chi connectivity index (χ0) is 14.7. The van der Waals surface area contributed by atoms with E-state index in [-0.39, 0.29) is 18.6 Å². The summed E-state index contributed by atoms with van der Waals surface area (Å²) in [5, 5.41) is 12.7. The average molecular weight is 277 g/mol. The van der Waals surface area contributed by atoms with E-state index in [0.29, 0.717) is 23.8 Å². The van der Waals surface area contributed by atoms with Gasteiger partial charge in [0.15, 0.2) is 0 Å². The van der Waals surface area contributed by atoms with Crippen LogP contribution in [0.25, 0.3) is 0 Å². The number of para-hydroxylation sites is 1. The van der Waals surface area contributed by atoms with Gasteiger partial charge in [0.25, 0.3) is 0 Å². The Morgan fingerprint density at radius 1 is 1.55 bits per heavy atom. The SMILES string of the molecule is Cc1cccc(N)c1NC(=O)CN1CCC(C)C(O)C1. The monoisotopic (exact) mass is 277 g/mol. The zero-order valence-corrected chi connectivity index (χ0v) is 12.1. The molecule has 0 radical (unpaired) electrons. The molecule has 20 heavy (non-hydrogen) atoms. The standard InChI is InChI=1S/C15H23N3O2/c1-10-6-7-18(8-13(10)19)9-14(20)17-15-11(2)4-3-5-12(15)16/h3-5,10,13,19H,6-9,16H2,1-2H3,(H,17,20). The molecule has 0 bridgehead atoms. The number of rotatable bonds is 3. The predicted molar refractivity (Wildman–Crippen MR) is 80.4 cm³/mol. The highest BCUT2D eigenvalue weighted by atomic mass is 16.3. The van der Waals surface area contributed by atoms with E-state index < -0.39 is 0 Å². The zero-order valence-electron chi connectivity index (χ0n) is 12.1. The van der Waals surface area contributed by atoms with E-state index in [1.807, 2.05) is 30.9 Å². The number of β-amino-alcohol motifs (C(OH)–C–C–N with tert-alkyl or cyclic N) is 1. The molecule has 1 fully saturated rings. The van der Waals surface area contributed by atoms with E-state index >= 15 is 0 Å². The molecule has 0 aromatic heterocycles. The Balaban J connectivity index is 1.93. The molecule has 4 N–H and O–H groups in total. The average Bonchev–Trinajstić information content (AvgIpc) is 2.38. The van der Waals surface area contributed by atoms with Crippen LogP contribution < -0.4 is 11.1 Å². The maximum atomic E-state index is 12.1. The molecule has 0 spiro atoms. The molecule has 1 aliphatic rings. The smallest absolute Gasteiger partial charge is 0.238 e. The molecule has 1 saturated heterocycles. The number of likely N-dealkylation sites (tertiary alicyclic amines) is 1. The van der Waals surface area contributed by atoms with Gasteiger partial charge < -0.3 is 16.2 Å². The summed E-state index contributed by atoms with van der Waals surface area (Å²) in [4.78, 5) is 14.1. The summed E-state index contributed by atoms with van der Waals surface area (Å²) in [5.41, 5.74) is 8.08. The van der Waals surface area contributed by atoms with E-state index in [1.54, 1.807) is 6.07 Å². The molecule has 5 nitrogen and oxygen atoms in total. The highest BCUT2D eigenvalue weighted by Crippen LogP contribution is 2.22. The fraction of sp³-hybridized carbons (Fsp3) is 0.533. The van der Waals surface area contributed by atoms with Gasteiger partial charge in [0.1, 0.15) is 0 Å². The number of nitrogens with one attached hydrogen (secondary N) is 1. The van der Waals surface area contributed by atoms with Crippen LogP contribution in [-0.4, -0.2) is 41.7 Å². The van der Waals surface area contributed by atoms with Crippen LogP contribution in [0, 0.1) is 12.8 Å².